The number of para-hydroxylation sites is 1. The quantitative estimate of drug-likeness (QED) is 0.497. The van der Waals surface area contributed by atoms with Gasteiger partial charge in [0.25, 0.3) is 0 Å². The first kappa shape index (κ1) is 18.9. The van der Waals surface area contributed by atoms with E-state index < -0.39 is 0 Å². The molecule has 0 N–H and O–H groups in total. The number of halogens is 2. The molecule has 0 aliphatic carbocycles. The number of amides is 1. The van der Waals surface area contributed by atoms with Gasteiger partial charge in [-0.05, 0) is 29.8 Å². The maximum Gasteiger partial charge on any atom is 0.240 e. The van der Waals surface area contributed by atoms with Gasteiger partial charge in [0, 0.05) is 28.8 Å². The van der Waals surface area contributed by atoms with E-state index in [9.17, 15) is 4.79 Å². The normalized spacial score (nSPS) is 16.4. The molecule has 1 unspecified atom stereocenters. The van der Waals surface area contributed by atoms with Gasteiger partial charge in [-0.2, -0.15) is 5.10 Å². The first-order valence-electron chi connectivity index (χ1n) is 8.74. The van der Waals surface area contributed by atoms with Crippen molar-refractivity contribution >= 4 is 50.1 Å². The minimum atomic E-state index is -0.304. The van der Waals surface area contributed by atoms with E-state index in [1.54, 1.807) is 7.11 Å². The van der Waals surface area contributed by atoms with E-state index in [1.165, 1.54) is 11.9 Å². The number of benzene rings is 2. The monoisotopic (exact) mass is 457 g/mol. The summed E-state index contributed by atoms with van der Waals surface area (Å²) in [6.07, 6.45) is 0.562. The van der Waals surface area contributed by atoms with Crippen molar-refractivity contribution in [2.24, 2.45) is 5.10 Å². The summed E-state index contributed by atoms with van der Waals surface area (Å²) in [5, 5.41) is 7.32. The highest BCUT2D eigenvalue weighted by molar-refractivity contribution is 9.10. The summed E-state index contributed by atoms with van der Waals surface area (Å²) in [6.45, 7) is 1.51. The summed E-state index contributed by atoms with van der Waals surface area (Å²) in [4.78, 5) is 16.8. The Kier molecular flexibility index (Phi) is 5.08. The number of carbonyl (C=O) groups is 1. The highest BCUT2D eigenvalue weighted by Crippen LogP contribution is 2.38. The van der Waals surface area contributed by atoms with Crippen LogP contribution in [-0.4, -0.2) is 28.7 Å². The van der Waals surface area contributed by atoms with Crippen LogP contribution in [-0.2, 0) is 4.79 Å². The average molecular weight is 459 g/mol. The number of pyridine rings is 1. The van der Waals surface area contributed by atoms with Crippen LogP contribution in [0.2, 0.25) is 5.15 Å². The molecule has 1 atom stereocenters. The third kappa shape index (κ3) is 3.38. The molecule has 0 radical (unpaired) electrons. The van der Waals surface area contributed by atoms with Gasteiger partial charge in [-0.15, -0.1) is 0 Å². The number of fused-ring (bicyclic) bond motifs is 1. The third-order valence-electron chi connectivity index (χ3n) is 4.76. The van der Waals surface area contributed by atoms with Crippen LogP contribution in [0.3, 0.4) is 0 Å². The van der Waals surface area contributed by atoms with E-state index >= 15 is 0 Å². The lowest BCUT2D eigenvalue weighted by atomic mass is 9.98. The summed E-state index contributed by atoms with van der Waals surface area (Å²) >= 11 is 10.0. The zero-order chi connectivity index (χ0) is 19.8. The van der Waals surface area contributed by atoms with Gasteiger partial charge in [0.1, 0.15) is 16.4 Å². The molecule has 7 heteroatoms. The van der Waals surface area contributed by atoms with Gasteiger partial charge in [0.05, 0.1) is 18.9 Å². The van der Waals surface area contributed by atoms with Crippen molar-refractivity contribution in [1.29, 1.82) is 0 Å². The number of rotatable bonds is 3. The Hall–Kier alpha value is -2.44. The Balaban J connectivity index is 1.78. The van der Waals surface area contributed by atoms with Crippen LogP contribution in [0.15, 0.2) is 58.1 Å². The lowest BCUT2D eigenvalue weighted by molar-refractivity contribution is -0.130. The van der Waals surface area contributed by atoms with Crippen molar-refractivity contribution < 1.29 is 9.53 Å². The van der Waals surface area contributed by atoms with Crippen LogP contribution in [0.1, 0.15) is 30.5 Å². The van der Waals surface area contributed by atoms with Gasteiger partial charge in [-0.1, -0.05) is 51.8 Å². The Bertz CT molecular complexity index is 1120. The average Bonchev–Trinajstić information content (AvgIpc) is 3.12. The molecular formula is C21H17BrClN3O2. The van der Waals surface area contributed by atoms with E-state index in [1.807, 2.05) is 48.5 Å². The minimum absolute atomic E-state index is 0.142. The van der Waals surface area contributed by atoms with Gasteiger partial charge in [0.2, 0.25) is 5.91 Å². The zero-order valence-corrected chi connectivity index (χ0v) is 17.7. The van der Waals surface area contributed by atoms with Crippen molar-refractivity contribution in [3.63, 3.8) is 0 Å². The number of hydrogen-bond acceptors (Lipinski definition) is 4. The van der Waals surface area contributed by atoms with Gasteiger partial charge in [0.15, 0.2) is 0 Å². The Morgan fingerprint density at radius 3 is 2.75 bits per heavy atom. The SMILES string of the molecule is COc1cccc2cc(C3CC(c4cccc(Br)c4)=NN3C(C)=O)c(Cl)nc12. The molecule has 0 saturated carbocycles. The molecule has 1 amide bonds. The summed E-state index contributed by atoms with van der Waals surface area (Å²) < 4.78 is 6.34. The highest BCUT2D eigenvalue weighted by atomic mass is 79.9. The summed E-state index contributed by atoms with van der Waals surface area (Å²) in [7, 11) is 1.60. The second kappa shape index (κ2) is 7.53. The van der Waals surface area contributed by atoms with Crippen molar-refractivity contribution in [2.75, 3.05) is 7.11 Å². The van der Waals surface area contributed by atoms with E-state index in [2.05, 4.69) is 26.0 Å². The molecule has 0 saturated heterocycles. The van der Waals surface area contributed by atoms with Gasteiger partial charge >= 0.3 is 0 Å². The molecule has 4 rings (SSSR count). The molecule has 1 aromatic heterocycles. The summed E-state index contributed by atoms with van der Waals surface area (Å²) in [5.74, 6) is 0.517. The maximum atomic E-state index is 12.3. The third-order valence-corrected chi connectivity index (χ3v) is 5.56. The van der Waals surface area contributed by atoms with Crippen LogP contribution in [0.25, 0.3) is 10.9 Å². The standard InChI is InChI=1S/C21H17BrClN3O2/c1-12(27)26-18(11-17(25-26)13-5-3-7-15(22)9-13)16-10-14-6-4-8-19(28-2)20(14)24-21(16)23/h3-10,18H,11H2,1-2H3. The lowest BCUT2D eigenvalue weighted by Gasteiger charge is -2.21. The maximum absolute atomic E-state index is 12.3. The number of aromatic nitrogens is 1. The predicted molar refractivity (Wildman–Crippen MR) is 114 cm³/mol. The number of ether oxygens (including phenoxy) is 1. The number of nitrogens with zero attached hydrogens (tertiary/aromatic N) is 3. The second-order valence-electron chi connectivity index (χ2n) is 6.54. The number of methoxy groups -OCH3 is 1. The van der Waals surface area contributed by atoms with E-state index in [-0.39, 0.29) is 11.9 Å². The fraction of sp³-hybridized carbons (Fsp3) is 0.190. The molecule has 142 valence electrons. The topological polar surface area (TPSA) is 54.8 Å². The second-order valence-corrected chi connectivity index (χ2v) is 7.81. The predicted octanol–water partition coefficient (Wildman–Crippen LogP) is 5.36. The minimum Gasteiger partial charge on any atom is -0.494 e. The fourth-order valence-corrected chi connectivity index (χ4v) is 4.11. The molecule has 0 spiro atoms. The van der Waals surface area contributed by atoms with Gasteiger partial charge in [-0.25, -0.2) is 9.99 Å². The van der Waals surface area contributed by atoms with E-state index in [0.29, 0.717) is 22.8 Å². The van der Waals surface area contributed by atoms with Crippen molar-refractivity contribution in [2.45, 2.75) is 19.4 Å². The molecule has 28 heavy (non-hydrogen) atoms. The lowest BCUT2D eigenvalue weighted by Crippen LogP contribution is -2.24. The Morgan fingerprint density at radius 1 is 1.25 bits per heavy atom. The zero-order valence-electron chi connectivity index (χ0n) is 15.3. The number of hydrogen-bond donors (Lipinski definition) is 0. The first-order chi connectivity index (χ1) is 13.5. The van der Waals surface area contributed by atoms with Crippen LogP contribution < -0.4 is 4.74 Å². The summed E-state index contributed by atoms with van der Waals surface area (Å²) in [5.41, 5.74) is 3.27. The van der Waals surface area contributed by atoms with E-state index in [4.69, 9.17) is 16.3 Å². The van der Waals surface area contributed by atoms with Gasteiger partial charge < -0.3 is 4.74 Å². The van der Waals surface area contributed by atoms with Crippen molar-refractivity contribution in [3.8, 4) is 5.75 Å². The van der Waals surface area contributed by atoms with Crippen LogP contribution in [0, 0.1) is 0 Å². The smallest absolute Gasteiger partial charge is 0.240 e. The highest BCUT2D eigenvalue weighted by Gasteiger charge is 2.33. The van der Waals surface area contributed by atoms with Crippen LogP contribution >= 0.6 is 27.5 Å². The molecule has 2 heterocycles. The fourth-order valence-electron chi connectivity index (χ4n) is 3.45. The Labute approximate surface area is 176 Å². The summed E-state index contributed by atoms with van der Waals surface area (Å²) in [6, 6.07) is 15.2. The molecule has 1 aliphatic rings. The molecule has 0 fully saturated rings. The number of carbonyl (C=O) groups excluding carboxylic acids is 1. The molecule has 1 aliphatic heterocycles. The molecule has 3 aromatic rings. The van der Waals surface area contributed by atoms with Crippen molar-refractivity contribution in [1.82, 2.24) is 9.99 Å². The molecular weight excluding hydrogens is 442 g/mol. The van der Waals surface area contributed by atoms with Crippen molar-refractivity contribution in [3.05, 3.63) is 69.3 Å². The first-order valence-corrected chi connectivity index (χ1v) is 9.91. The van der Waals surface area contributed by atoms with E-state index in [0.717, 1.165) is 26.7 Å². The van der Waals surface area contributed by atoms with Crippen LogP contribution in [0.5, 0.6) is 5.75 Å². The van der Waals surface area contributed by atoms with Crippen LogP contribution in [0.4, 0.5) is 0 Å². The molecule has 2 aromatic carbocycles. The molecule has 0 bridgehead atoms. The Morgan fingerprint density at radius 2 is 2.04 bits per heavy atom. The molecule has 5 nitrogen and oxygen atoms in total. The number of hydrazone groups is 1. The largest absolute Gasteiger partial charge is 0.494 e. The van der Waals surface area contributed by atoms with Gasteiger partial charge in [-0.3, -0.25) is 4.79 Å².